The molecule has 0 unspecified atom stereocenters. The first-order valence-corrected chi connectivity index (χ1v) is 12.8. The first-order valence-electron chi connectivity index (χ1n) is 12.8. The number of anilines is 2. The van der Waals surface area contributed by atoms with Crippen LogP contribution in [0.4, 0.5) is 11.6 Å². The van der Waals surface area contributed by atoms with Crippen LogP contribution in [0.15, 0.2) is 35.3 Å². The van der Waals surface area contributed by atoms with Gasteiger partial charge in [-0.2, -0.15) is 4.98 Å². The number of nitrogens with two attached hydrogens (primary N) is 1. The van der Waals surface area contributed by atoms with Gasteiger partial charge in [-0.1, -0.05) is 26.2 Å². The molecule has 0 radical (unpaired) electrons. The summed E-state index contributed by atoms with van der Waals surface area (Å²) >= 11 is 0. The topological polar surface area (TPSA) is 219 Å². The molecule has 0 aliphatic rings. The third-order valence-electron chi connectivity index (χ3n) is 5.81. The number of amides is 1. The predicted molar refractivity (Wildman–Crippen MR) is 144 cm³/mol. The number of carboxylic acids is 1. The quantitative estimate of drug-likeness (QED) is 0.110. The van der Waals surface area contributed by atoms with E-state index in [1.807, 2.05) is 6.92 Å². The van der Waals surface area contributed by atoms with Gasteiger partial charge in [-0.05, 0) is 37.1 Å². The Morgan fingerprint density at radius 3 is 2.48 bits per heavy atom. The number of hydrogen-bond acceptors (Lipinski definition) is 11. The maximum Gasteiger partial charge on any atom is 0.326 e. The van der Waals surface area contributed by atoms with Gasteiger partial charge in [0.1, 0.15) is 6.04 Å². The first-order chi connectivity index (χ1) is 19.2. The Hall–Kier alpha value is -4.88. The smallest absolute Gasteiger partial charge is 0.326 e. The van der Waals surface area contributed by atoms with Crippen LogP contribution < -0.4 is 21.9 Å². The Bertz CT molecular complexity index is 1420. The number of hydrogen-bond donors (Lipinski definition) is 5. The maximum atomic E-state index is 12.6. The van der Waals surface area contributed by atoms with Gasteiger partial charge in [0.25, 0.3) is 11.5 Å². The minimum Gasteiger partial charge on any atom is -0.480 e. The fourth-order valence-corrected chi connectivity index (χ4v) is 3.67. The highest BCUT2D eigenvalue weighted by Crippen LogP contribution is 2.13. The minimum absolute atomic E-state index is 0.0516. The van der Waals surface area contributed by atoms with Crippen LogP contribution in [0, 0.1) is 0 Å². The van der Waals surface area contributed by atoms with Crippen LogP contribution in [-0.4, -0.2) is 54.9 Å². The molecule has 1 amide bonds. The molecule has 40 heavy (non-hydrogen) atoms. The number of nitrogens with zero attached hydrogens (tertiary/aromatic N) is 3. The summed E-state index contributed by atoms with van der Waals surface area (Å²) in [5.74, 6) is -3.50. The second kappa shape index (κ2) is 14.3. The van der Waals surface area contributed by atoms with Gasteiger partial charge < -0.3 is 26.2 Å². The number of ether oxygens (including phenoxy) is 1. The highest BCUT2D eigenvalue weighted by atomic mass is 16.6. The lowest BCUT2D eigenvalue weighted by molar-refractivity contribution is -0.159. The Balaban J connectivity index is 1.49. The van der Waals surface area contributed by atoms with Crippen molar-refractivity contribution in [3.8, 4) is 0 Å². The summed E-state index contributed by atoms with van der Waals surface area (Å²) in [6.07, 6.45) is 4.48. The van der Waals surface area contributed by atoms with E-state index >= 15 is 0 Å². The largest absolute Gasteiger partial charge is 0.480 e. The molecule has 0 bridgehead atoms. The first kappa shape index (κ1) is 29.7. The summed E-state index contributed by atoms with van der Waals surface area (Å²) in [6.45, 7) is 2.26. The van der Waals surface area contributed by atoms with Gasteiger partial charge in [0.2, 0.25) is 5.95 Å². The number of carboxylic acid groups (broad SMARTS) is 1. The van der Waals surface area contributed by atoms with Gasteiger partial charge in [0.15, 0.2) is 11.2 Å². The fraction of sp³-hybridized carbons (Fsp3) is 0.385. The summed E-state index contributed by atoms with van der Waals surface area (Å²) < 4.78 is 4.73. The molecule has 14 heteroatoms. The van der Waals surface area contributed by atoms with Crippen molar-refractivity contribution < 1.29 is 29.0 Å². The predicted octanol–water partition coefficient (Wildman–Crippen LogP) is 1.91. The van der Waals surface area contributed by atoms with E-state index in [9.17, 15) is 29.1 Å². The maximum absolute atomic E-state index is 12.6. The Morgan fingerprint density at radius 2 is 1.77 bits per heavy atom. The Kier molecular flexibility index (Phi) is 10.6. The summed E-state index contributed by atoms with van der Waals surface area (Å²) in [6, 6.07) is 4.85. The highest BCUT2D eigenvalue weighted by Gasteiger charge is 2.23. The van der Waals surface area contributed by atoms with Gasteiger partial charge in [0, 0.05) is 24.1 Å². The number of rotatable bonds is 14. The monoisotopic (exact) mass is 553 g/mol. The zero-order valence-electron chi connectivity index (χ0n) is 21.9. The number of H-pyrrole nitrogens is 1. The van der Waals surface area contributed by atoms with E-state index in [2.05, 4.69) is 30.6 Å². The number of aliphatic carboxylic acids is 1. The molecule has 2 heterocycles. The molecule has 0 aliphatic carbocycles. The van der Waals surface area contributed by atoms with Crippen molar-refractivity contribution in [2.24, 2.45) is 0 Å². The van der Waals surface area contributed by atoms with Gasteiger partial charge >= 0.3 is 17.9 Å². The van der Waals surface area contributed by atoms with E-state index in [0.29, 0.717) is 17.8 Å². The number of unbranched alkanes of at least 4 members (excludes halogenated alkanes) is 3. The van der Waals surface area contributed by atoms with Crippen LogP contribution in [0.25, 0.3) is 11.2 Å². The zero-order chi connectivity index (χ0) is 29.1. The number of nitrogens with one attached hydrogen (secondary N) is 3. The highest BCUT2D eigenvalue weighted by molar-refractivity contribution is 5.97. The molecular weight excluding hydrogens is 522 g/mol. The Morgan fingerprint density at radius 1 is 1.05 bits per heavy atom. The molecular formula is C26H31N7O7. The summed E-state index contributed by atoms with van der Waals surface area (Å²) in [5, 5.41) is 14.9. The van der Waals surface area contributed by atoms with Gasteiger partial charge in [0.05, 0.1) is 18.4 Å². The van der Waals surface area contributed by atoms with E-state index in [-0.39, 0.29) is 48.5 Å². The van der Waals surface area contributed by atoms with Crippen molar-refractivity contribution in [2.45, 2.75) is 64.5 Å². The number of aromatic amines is 1. The van der Waals surface area contributed by atoms with Gasteiger partial charge in [-0.3, -0.25) is 24.2 Å². The molecule has 212 valence electrons. The summed E-state index contributed by atoms with van der Waals surface area (Å²) in [7, 11) is 0. The van der Waals surface area contributed by atoms with Crippen LogP contribution >= 0.6 is 0 Å². The molecule has 3 aromatic rings. The lowest BCUT2D eigenvalue weighted by Crippen LogP contribution is -2.41. The number of benzene rings is 1. The van der Waals surface area contributed by atoms with Crippen molar-refractivity contribution in [3.63, 3.8) is 0 Å². The van der Waals surface area contributed by atoms with E-state index in [1.165, 1.54) is 18.3 Å². The van der Waals surface area contributed by atoms with E-state index in [4.69, 9.17) is 10.5 Å². The summed E-state index contributed by atoms with van der Waals surface area (Å²) in [4.78, 5) is 74.5. The minimum atomic E-state index is -1.35. The second-order valence-electron chi connectivity index (χ2n) is 8.98. The number of aromatic nitrogens is 4. The van der Waals surface area contributed by atoms with Crippen molar-refractivity contribution in [2.75, 3.05) is 11.1 Å². The van der Waals surface area contributed by atoms with Crippen LogP contribution in [0.2, 0.25) is 0 Å². The molecule has 0 saturated heterocycles. The average Bonchev–Trinajstić information content (AvgIpc) is 2.92. The van der Waals surface area contributed by atoms with E-state index < -0.39 is 35.4 Å². The fourth-order valence-electron chi connectivity index (χ4n) is 3.67. The van der Waals surface area contributed by atoms with Crippen molar-refractivity contribution in [1.82, 2.24) is 25.3 Å². The molecule has 2 aromatic heterocycles. The van der Waals surface area contributed by atoms with Crippen LogP contribution in [0.3, 0.4) is 0 Å². The molecule has 0 aliphatic heterocycles. The number of fused-ring (bicyclic) bond motifs is 1. The normalized spacial score (nSPS) is 11.5. The van der Waals surface area contributed by atoms with Crippen molar-refractivity contribution in [3.05, 3.63) is 52.1 Å². The van der Waals surface area contributed by atoms with E-state index in [0.717, 1.165) is 19.3 Å². The van der Waals surface area contributed by atoms with E-state index in [1.54, 1.807) is 12.1 Å². The Labute approximate surface area is 228 Å². The molecule has 3 rings (SSSR count). The molecule has 1 atom stereocenters. The number of nitrogen functional groups attached to an aromatic ring is 1. The molecule has 6 N–H and O–H groups in total. The molecule has 0 spiro atoms. The SMILES string of the molecule is CCCCCCC(=O)OC(=O)CC[C@H](NC(=O)c1ccc(NCc2cnc3nc(N)[nH]c(=O)c3n2)cc1)C(=O)O. The van der Waals surface area contributed by atoms with Crippen molar-refractivity contribution >= 4 is 46.6 Å². The second-order valence-corrected chi connectivity index (χ2v) is 8.98. The number of carbonyl (C=O) groups excluding carboxylic acids is 3. The number of carbonyl (C=O) groups is 4. The van der Waals surface area contributed by atoms with Crippen molar-refractivity contribution in [1.29, 1.82) is 0 Å². The molecule has 0 fully saturated rings. The molecule has 14 nitrogen and oxygen atoms in total. The lowest BCUT2D eigenvalue weighted by atomic mass is 10.1. The average molecular weight is 554 g/mol. The van der Waals surface area contributed by atoms with Gasteiger partial charge in [-0.15, -0.1) is 0 Å². The standard InChI is InChI=1S/C26H31N7O7/c1-2-3-4-5-6-19(34)40-20(35)12-11-18(25(38)39)31-23(36)15-7-9-16(10-8-15)28-13-17-14-29-22-21(30-17)24(37)33-26(27)32-22/h7-10,14,18,28H,2-6,11-13H2,1H3,(H,31,36)(H,38,39)(H3,27,29,32,33,37)/t18-/m0/s1. The molecule has 0 saturated carbocycles. The third-order valence-corrected chi connectivity index (χ3v) is 5.81. The van der Waals surface area contributed by atoms with Crippen LogP contribution in [0.1, 0.15) is 67.9 Å². The summed E-state index contributed by atoms with van der Waals surface area (Å²) in [5.41, 5.74) is 6.46. The van der Waals surface area contributed by atoms with Crippen LogP contribution in [-0.2, 0) is 25.7 Å². The lowest BCUT2D eigenvalue weighted by Gasteiger charge is -2.14. The third kappa shape index (κ3) is 8.85. The van der Waals surface area contributed by atoms with Gasteiger partial charge in [-0.25, -0.2) is 14.8 Å². The number of esters is 2. The molecule has 1 aromatic carbocycles. The van der Waals surface area contributed by atoms with Crippen LogP contribution in [0.5, 0.6) is 0 Å². The zero-order valence-corrected chi connectivity index (χ0v) is 21.9.